The molecule has 0 aliphatic rings. The van der Waals surface area contributed by atoms with Crippen LogP contribution in [0.1, 0.15) is 28.2 Å². The minimum Gasteiger partial charge on any atom is -0.507 e. The number of carboxylic acid groups (broad SMARTS) is 2. The van der Waals surface area contributed by atoms with Crippen molar-refractivity contribution in [1.29, 1.82) is 0 Å². The number of hydrogen-bond acceptors (Lipinski definition) is 9. The van der Waals surface area contributed by atoms with Gasteiger partial charge < -0.3 is 50.7 Å². The van der Waals surface area contributed by atoms with Crippen molar-refractivity contribution in [2.24, 2.45) is 32.6 Å². The van der Waals surface area contributed by atoms with Crippen molar-refractivity contribution >= 4 is 50.3 Å². The van der Waals surface area contributed by atoms with E-state index in [9.17, 15) is 35.0 Å². The van der Waals surface area contributed by atoms with Gasteiger partial charge in [0.2, 0.25) is 0 Å². The zero-order chi connectivity index (χ0) is 38.1. The first kappa shape index (κ1) is 37.8. The van der Waals surface area contributed by atoms with E-state index in [4.69, 9.17) is 21.7 Å². The molecule has 0 amide bonds. The minimum absolute atomic E-state index is 0.0206. The monoisotopic (exact) mass is 702 g/mol. The Labute approximate surface area is 292 Å². The number of nitrogens with zero attached hydrogens (tertiary/aromatic N) is 4. The molecular formula is C36H42N6O9. The van der Waals surface area contributed by atoms with Crippen molar-refractivity contribution in [3.05, 3.63) is 92.9 Å². The number of aromatic nitrogens is 3. The van der Waals surface area contributed by atoms with Crippen LogP contribution in [0.4, 0.5) is 5.69 Å². The maximum absolute atomic E-state index is 11.1. The van der Waals surface area contributed by atoms with Crippen molar-refractivity contribution in [2.75, 3.05) is 0 Å². The van der Waals surface area contributed by atoms with E-state index in [1.54, 1.807) is 36.7 Å². The van der Waals surface area contributed by atoms with Gasteiger partial charge in [-0.3, -0.25) is 19.7 Å². The summed E-state index contributed by atoms with van der Waals surface area (Å²) in [5.74, 6) is -1.83. The predicted octanol–water partition coefficient (Wildman–Crippen LogP) is 4.39. The van der Waals surface area contributed by atoms with E-state index in [0.717, 1.165) is 33.4 Å². The number of nitro groups is 1. The molecule has 51 heavy (non-hydrogen) atoms. The van der Waals surface area contributed by atoms with Gasteiger partial charge in [-0.15, -0.1) is 0 Å². The van der Waals surface area contributed by atoms with Crippen LogP contribution in [0.25, 0.3) is 32.7 Å². The second kappa shape index (κ2) is 14.8. The summed E-state index contributed by atoms with van der Waals surface area (Å²) in [6, 6.07) is 13.1. The van der Waals surface area contributed by atoms with Gasteiger partial charge >= 0.3 is 11.9 Å². The first-order valence-electron chi connectivity index (χ1n) is 15.8. The number of nitrogens with two attached hydrogens (primary N) is 2. The summed E-state index contributed by atoms with van der Waals surface area (Å²) in [5.41, 5.74) is 17.2. The van der Waals surface area contributed by atoms with Crippen molar-refractivity contribution < 1.29 is 40.0 Å². The lowest BCUT2D eigenvalue weighted by Gasteiger charge is -2.07. The summed E-state index contributed by atoms with van der Waals surface area (Å²) < 4.78 is 5.56. The second-order valence-electron chi connectivity index (χ2n) is 12.4. The van der Waals surface area contributed by atoms with Gasteiger partial charge in [0.1, 0.15) is 34.8 Å². The number of hydrogen-bond donors (Lipinski definition) is 7. The van der Waals surface area contributed by atoms with Crippen LogP contribution in [-0.2, 0) is 43.6 Å². The Morgan fingerprint density at radius 3 is 1.75 bits per heavy atom. The van der Waals surface area contributed by atoms with Crippen LogP contribution in [0, 0.1) is 30.9 Å². The van der Waals surface area contributed by atoms with E-state index in [2.05, 4.69) is 4.57 Å². The number of non-ortho nitro benzene ring substituents is 1. The van der Waals surface area contributed by atoms with Gasteiger partial charge in [-0.2, -0.15) is 0 Å². The Kier molecular flexibility index (Phi) is 11.0. The largest absolute Gasteiger partial charge is 0.507 e. The molecular weight excluding hydrogens is 660 g/mol. The van der Waals surface area contributed by atoms with E-state index >= 15 is 0 Å². The number of aromatic hydroxyl groups is 3. The molecule has 2 unspecified atom stereocenters. The van der Waals surface area contributed by atoms with Gasteiger partial charge in [-0.05, 0) is 68.3 Å². The van der Waals surface area contributed by atoms with Crippen LogP contribution in [0.2, 0.25) is 0 Å². The molecule has 270 valence electrons. The van der Waals surface area contributed by atoms with Crippen LogP contribution >= 0.6 is 0 Å². The molecule has 15 heteroatoms. The average Bonchev–Trinajstić information content (AvgIpc) is 3.61. The molecule has 9 N–H and O–H groups in total. The van der Waals surface area contributed by atoms with E-state index in [1.807, 2.05) is 56.8 Å². The van der Waals surface area contributed by atoms with Crippen molar-refractivity contribution in [3.8, 4) is 17.2 Å². The first-order chi connectivity index (χ1) is 23.9. The molecule has 0 saturated carbocycles. The normalized spacial score (nSPS) is 12.2. The lowest BCUT2D eigenvalue weighted by Crippen LogP contribution is -2.32. The fourth-order valence-corrected chi connectivity index (χ4v) is 6.18. The van der Waals surface area contributed by atoms with Gasteiger partial charge in [-0.1, -0.05) is 12.1 Å². The lowest BCUT2D eigenvalue weighted by atomic mass is 10.0. The van der Waals surface area contributed by atoms with Crippen LogP contribution in [0.15, 0.2) is 54.6 Å². The molecule has 0 radical (unpaired) electrons. The molecule has 3 heterocycles. The van der Waals surface area contributed by atoms with Crippen molar-refractivity contribution in [3.63, 3.8) is 0 Å². The number of rotatable bonds is 7. The van der Waals surface area contributed by atoms with Gasteiger partial charge in [0, 0.05) is 67.9 Å². The molecule has 0 spiro atoms. The van der Waals surface area contributed by atoms with E-state index in [1.165, 1.54) is 12.1 Å². The number of carbonyl (C=O) groups is 2. The Morgan fingerprint density at radius 2 is 1.22 bits per heavy atom. The Bertz CT molecular complexity index is 2300. The number of benzene rings is 3. The molecule has 15 nitrogen and oxygen atoms in total. The highest BCUT2D eigenvalue weighted by Gasteiger charge is 2.26. The molecule has 6 aromatic rings. The average molecular weight is 703 g/mol. The summed E-state index contributed by atoms with van der Waals surface area (Å²) in [7, 11) is 5.50. The fourth-order valence-electron chi connectivity index (χ4n) is 6.18. The predicted molar refractivity (Wildman–Crippen MR) is 193 cm³/mol. The number of carboxylic acids is 2. The summed E-state index contributed by atoms with van der Waals surface area (Å²) in [6.07, 6.45) is 0.184. The third-order valence-electron chi connectivity index (χ3n) is 9.32. The molecule has 0 aliphatic carbocycles. The third kappa shape index (κ3) is 7.29. The zero-order valence-electron chi connectivity index (χ0n) is 29.1. The molecule has 3 aromatic carbocycles. The topological polar surface area (TPSA) is 245 Å². The van der Waals surface area contributed by atoms with Gasteiger partial charge in [0.05, 0.1) is 21.3 Å². The highest BCUT2D eigenvalue weighted by atomic mass is 16.6. The number of phenols is 3. The highest BCUT2D eigenvalue weighted by Crippen LogP contribution is 2.38. The first-order valence-corrected chi connectivity index (χ1v) is 15.8. The molecule has 0 fully saturated rings. The number of aliphatic carboxylic acids is 2. The molecule has 2 atom stereocenters. The number of aryl methyl sites for hydroxylation is 4. The quantitative estimate of drug-likeness (QED) is 0.0908. The minimum atomic E-state index is -1.17. The number of phenolic OH excluding ortho intramolecular Hbond substituents is 3. The molecule has 0 saturated heterocycles. The van der Waals surface area contributed by atoms with Gasteiger partial charge in [0.25, 0.3) is 5.69 Å². The second-order valence-corrected chi connectivity index (χ2v) is 12.4. The SMILES string of the molecule is Cc1c(CC(N)C(=O)O)c2c(O)ccc([N+](=O)[O-])c2n1C.Cc1c(CC(N)C(=O)O)c2c(O)cccc2n1C.Cc1cc2c(O)cccc2n1C. The Hall–Kier alpha value is -6.06. The van der Waals surface area contributed by atoms with Crippen LogP contribution < -0.4 is 11.5 Å². The molecule has 6 rings (SSSR count). The highest BCUT2D eigenvalue weighted by molar-refractivity contribution is 5.97. The number of nitro benzene ring substituents is 1. The van der Waals surface area contributed by atoms with Gasteiger partial charge in [0.15, 0.2) is 0 Å². The summed E-state index contributed by atoms with van der Waals surface area (Å²) >= 11 is 0. The van der Waals surface area contributed by atoms with Crippen LogP contribution in [-0.4, -0.2) is 68.2 Å². The fraction of sp³-hybridized carbons (Fsp3) is 0.278. The zero-order valence-corrected chi connectivity index (χ0v) is 29.1. The maximum Gasteiger partial charge on any atom is 0.320 e. The standard InChI is InChI=1S/C13H15N3O5.C13H16N2O3.C10H11NO/c1-6-7(5-8(14)13(18)19)11-10(17)4-3-9(16(20)21)12(11)15(6)2;1-7-8(6-9(14)13(17)18)12-10(15(7)2)4-3-5-11(12)16;1-7-6-8-9(11(7)2)4-3-5-10(8)12/h3-4,8,17H,5,14H2,1-2H3,(H,18,19);3-5,9,16H,6,14H2,1-2H3,(H,17,18);3-6,12H,1-2H3. The Balaban J connectivity index is 0.000000177. The molecule has 0 aliphatic heterocycles. The van der Waals surface area contributed by atoms with Crippen LogP contribution in [0.3, 0.4) is 0 Å². The van der Waals surface area contributed by atoms with Crippen LogP contribution in [0.5, 0.6) is 17.2 Å². The molecule has 0 bridgehead atoms. The maximum atomic E-state index is 11.1. The van der Waals surface area contributed by atoms with E-state index in [0.29, 0.717) is 22.4 Å². The van der Waals surface area contributed by atoms with Crippen molar-refractivity contribution in [2.45, 2.75) is 45.7 Å². The summed E-state index contributed by atoms with van der Waals surface area (Å²) in [6.45, 7) is 5.62. The number of fused-ring (bicyclic) bond motifs is 3. The molecule has 3 aromatic heterocycles. The van der Waals surface area contributed by atoms with Gasteiger partial charge in [-0.25, -0.2) is 0 Å². The smallest absolute Gasteiger partial charge is 0.320 e. The van der Waals surface area contributed by atoms with Crippen molar-refractivity contribution in [1.82, 2.24) is 13.7 Å². The lowest BCUT2D eigenvalue weighted by molar-refractivity contribution is -0.383. The van der Waals surface area contributed by atoms with E-state index in [-0.39, 0.29) is 40.9 Å². The van der Waals surface area contributed by atoms with E-state index < -0.39 is 28.9 Å². The Morgan fingerprint density at radius 1 is 0.725 bits per heavy atom. The summed E-state index contributed by atoms with van der Waals surface area (Å²) in [5, 5.41) is 60.3. The summed E-state index contributed by atoms with van der Waals surface area (Å²) in [4.78, 5) is 32.3. The third-order valence-corrected chi connectivity index (χ3v) is 9.32.